The van der Waals surface area contributed by atoms with Gasteiger partial charge in [-0.1, -0.05) is 19.1 Å². The highest BCUT2D eigenvalue weighted by atomic mass is 16.1. The summed E-state index contributed by atoms with van der Waals surface area (Å²) in [4.78, 5) is 10.8. The lowest BCUT2D eigenvalue weighted by Crippen LogP contribution is -2.32. The van der Waals surface area contributed by atoms with Crippen LogP contribution in [0.1, 0.15) is 33.1 Å². The van der Waals surface area contributed by atoms with E-state index < -0.39 is 0 Å². The topological polar surface area (TPSA) is 46.3 Å². The second kappa shape index (κ2) is 5.66. The molecule has 0 fully saturated rings. The van der Waals surface area contributed by atoms with Crippen molar-refractivity contribution in [1.29, 1.82) is 0 Å². The van der Waals surface area contributed by atoms with Crippen molar-refractivity contribution in [2.45, 2.75) is 33.1 Å². The Kier molecular flexibility index (Phi) is 4.50. The van der Waals surface area contributed by atoms with Crippen LogP contribution >= 0.6 is 0 Å². The molecule has 0 unspecified atom stereocenters. The Labute approximate surface area is 97.3 Å². The summed E-state index contributed by atoms with van der Waals surface area (Å²) >= 11 is 0. The van der Waals surface area contributed by atoms with Crippen molar-refractivity contribution in [1.82, 2.24) is 5.01 Å². The number of aldehydes is 1. The van der Waals surface area contributed by atoms with E-state index in [4.69, 9.17) is 5.84 Å². The number of hydrazine groups is 1. The van der Waals surface area contributed by atoms with E-state index in [1.165, 1.54) is 5.57 Å². The van der Waals surface area contributed by atoms with Gasteiger partial charge in [-0.25, -0.2) is 5.84 Å². The first kappa shape index (κ1) is 12.7. The molecule has 0 aliphatic heterocycles. The Morgan fingerprint density at radius 1 is 1.62 bits per heavy atom. The number of nitrogens with zero attached hydrogens (tertiary/aromatic N) is 1. The van der Waals surface area contributed by atoms with E-state index >= 15 is 0 Å². The third kappa shape index (κ3) is 2.83. The maximum Gasteiger partial charge on any atom is 0.149 e. The van der Waals surface area contributed by atoms with E-state index in [0.717, 1.165) is 43.4 Å². The van der Waals surface area contributed by atoms with Crippen LogP contribution in [0, 0.1) is 0 Å². The van der Waals surface area contributed by atoms with Crippen LogP contribution in [0.2, 0.25) is 0 Å². The molecule has 0 spiro atoms. The van der Waals surface area contributed by atoms with Crippen molar-refractivity contribution in [3.8, 4) is 0 Å². The van der Waals surface area contributed by atoms with Crippen LogP contribution in [0.5, 0.6) is 0 Å². The predicted molar refractivity (Wildman–Crippen MR) is 66.4 cm³/mol. The van der Waals surface area contributed by atoms with Gasteiger partial charge in [-0.3, -0.25) is 4.79 Å². The van der Waals surface area contributed by atoms with Crippen molar-refractivity contribution in [2.24, 2.45) is 5.84 Å². The summed E-state index contributed by atoms with van der Waals surface area (Å²) in [6, 6.07) is 0. The van der Waals surface area contributed by atoms with Crippen LogP contribution in [0.4, 0.5) is 0 Å². The van der Waals surface area contributed by atoms with E-state index in [0.29, 0.717) is 5.57 Å². The second-order valence-electron chi connectivity index (χ2n) is 4.19. The summed E-state index contributed by atoms with van der Waals surface area (Å²) in [6.45, 7) is 8.72. The molecule has 1 aliphatic rings. The molecule has 2 N–H and O–H groups in total. The largest absolute Gasteiger partial charge is 0.311 e. The Bertz CT molecular complexity index is 353. The lowest BCUT2D eigenvalue weighted by Gasteiger charge is -2.26. The monoisotopic (exact) mass is 220 g/mol. The number of carbonyl (C=O) groups excluding carboxylic acids is 1. The fraction of sp³-hybridized carbons (Fsp3) is 0.462. The standard InChI is InChI=1S/C13H20N2O/c1-4-7-15(14)13-8-10(2)5-6-12(13)11(3)9-16/h8-9H,3-7,14H2,1-2H3. The molecule has 0 bridgehead atoms. The molecule has 0 saturated heterocycles. The Hall–Kier alpha value is -1.35. The second-order valence-corrected chi connectivity index (χ2v) is 4.19. The highest BCUT2D eigenvalue weighted by Gasteiger charge is 2.16. The van der Waals surface area contributed by atoms with Crippen LogP contribution in [-0.2, 0) is 4.79 Å². The average molecular weight is 220 g/mol. The van der Waals surface area contributed by atoms with Gasteiger partial charge in [0.2, 0.25) is 0 Å². The van der Waals surface area contributed by atoms with Crippen molar-refractivity contribution in [3.63, 3.8) is 0 Å². The summed E-state index contributed by atoms with van der Waals surface area (Å²) in [5, 5.41) is 1.71. The number of carbonyl (C=O) groups is 1. The predicted octanol–water partition coefficient (Wildman–Crippen LogP) is 2.32. The maximum atomic E-state index is 10.8. The van der Waals surface area contributed by atoms with E-state index in [9.17, 15) is 4.79 Å². The van der Waals surface area contributed by atoms with Gasteiger partial charge >= 0.3 is 0 Å². The molecule has 88 valence electrons. The number of allylic oxidation sites excluding steroid dienone is 4. The fourth-order valence-corrected chi connectivity index (χ4v) is 1.86. The normalized spacial score (nSPS) is 15.8. The highest BCUT2D eigenvalue weighted by Crippen LogP contribution is 2.28. The molecule has 0 aromatic rings. The molecular formula is C13H20N2O. The zero-order valence-corrected chi connectivity index (χ0v) is 10.1. The first-order chi connectivity index (χ1) is 7.60. The van der Waals surface area contributed by atoms with Gasteiger partial charge in [0.1, 0.15) is 6.29 Å². The van der Waals surface area contributed by atoms with Crippen molar-refractivity contribution >= 4 is 6.29 Å². The molecule has 0 atom stereocenters. The Balaban J connectivity index is 3.06. The molecule has 0 aromatic heterocycles. The molecule has 0 aromatic carbocycles. The van der Waals surface area contributed by atoms with Gasteiger partial charge in [-0.15, -0.1) is 0 Å². The van der Waals surface area contributed by atoms with Gasteiger partial charge in [0.15, 0.2) is 0 Å². The number of nitrogens with two attached hydrogens (primary N) is 1. The molecule has 16 heavy (non-hydrogen) atoms. The van der Waals surface area contributed by atoms with E-state index in [1.807, 2.05) is 0 Å². The molecular weight excluding hydrogens is 200 g/mol. The van der Waals surface area contributed by atoms with Crippen molar-refractivity contribution in [2.75, 3.05) is 6.54 Å². The van der Waals surface area contributed by atoms with Gasteiger partial charge in [-0.05, 0) is 37.8 Å². The minimum absolute atomic E-state index is 0.547. The molecule has 1 rings (SSSR count). The van der Waals surface area contributed by atoms with Crippen molar-refractivity contribution in [3.05, 3.63) is 35.1 Å². The lowest BCUT2D eigenvalue weighted by molar-refractivity contribution is -0.104. The summed E-state index contributed by atoms with van der Waals surface area (Å²) < 4.78 is 0. The minimum Gasteiger partial charge on any atom is -0.311 e. The van der Waals surface area contributed by atoms with Gasteiger partial charge in [0.05, 0.1) is 5.70 Å². The number of hydrogen-bond donors (Lipinski definition) is 1. The summed E-state index contributed by atoms with van der Waals surface area (Å²) in [5.74, 6) is 5.98. The molecule has 0 radical (unpaired) electrons. The first-order valence-corrected chi connectivity index (χ1v) is 5.67. The van der Waals surface area contributed by atoms with Crippen LogP contribution < -0.4 is 5.84 Å². The quantitative estimate of drug-likeness (QED) is 0.335. The van der Waals surface area contributed by atoms with Crippen LogP contribution in [-0.4, -0.2) is 17.8 Å². The SMILES string of the molecule is C=C(C=O)C1=C(N(N)CCC)C=C(C)CC1. The molecule has 1 aliphatic carbocycles. The molecule has 3 heteroatoms. The van der Waals surface area contributed by atoms with Crippen LogP contribution in [0.25, 0.3) is 0 Å². The van der Waals surface area contributed by atoms with Gasteiger partial charge in [0, 0.05) is 12.1 Å². The summed E-state index contributed by atoms with van der Waals surface area (Å²) in [7, 11) is 0. The van der Waals surface area contributed by atoms with E-state index in [2.05, 4.69) is 26.5 Å². The Morgan fingerprint density at radius 3 is 2.88 bits per heavy atom. The number of hydrogen-bond acceptors (Lipinski definition) is 3. The minimum atomic E-state index is 0.547. The molecule has 0 amide bonds. The van der Waals surface area contributed by atoms with Crippen molar-refractivity contribution < 1.29 is 4.79 Å². The number of rotatable bonds is 5. The van der Waals surface area contributed by atoms with E-state index in [1.54, 1.807) is 5.01 Å². The lowest BCUT2D eigenvalue weighted by atomic mass is 9.92. The van der Waals surface area contributed by atoms with Crippen LogP contribution in [0.15, 0.2) is 35.1 Å². The average Bonchev–Trinajstić information content (AvgIpc) is 2.28. The Morgan fingerprint density at radius 2 is 2.31 bits per heavy atom. The van der Waals surface area contributed by atoms with Gasteiger partial charge in [-0.2, -0.15) is 0 Å². The molecule has 0 heterocycles. The smallest absolute Gasteiger partial charge is 0.149 e. The third-order valence-corrected chi connectivity index (χ3v) is 2.77. The maximum absolute atomic E-state index is 10.8. The first-order valence-electron chi connectivity index (χ1n) is 5.67. The van der Waals surface area contributed by atoms with Crippen LogP contribution in [0.3, 0.4) is 0 Å². The molecule has 0 saturated carbocycles. The third-order valence-electron chi connectivity index (χ3n) is 2.77. The van der Waals surface area contributed by atoms with E-state index in [-0.39, 0.29) is 0 Å². The zero-order valence-electron chi connectivity index (χ0n) is 10.1. The fourth-order valence-electron chi connectivity index (χ4n) is 1.86. The van der Waals surface area contributed by atoms with Gasteiger partial charge < -0.3 is 5.01 Å². The zero-order chi connectivity index (χ0) is 12.1. The summed E-state index contributed by atoms with van der Waals surface area (Å²) in [6.07, 6.45) is 5.68. The molecule has 3 nitrogen and oxygen atoms in total. The summed E-state index contributed by atoms with van der Waals surface area (Å²) in [5.41, 5.74) is 3.77. The highest BCUT2D eigenvalue weighted by molar-refractivity contribution is 5.80. The van der Waals surface area contributed by atoms with Gasteiger partial charge in [0.25, 0.3) is 0 Å².